The van der Waals surface area contributed by atoms with E-state index in [4.69, 9.17) is 4.74 Å². The third-order valence-corrected chi connectivity index (χ3v) is 5.74. The average Bonchev–Trinajstić information content (AvgIpc) is 3.10. The number of ether oxygens (including phenoxy) is 1. The van der Waals surface area contributed by atoms with E-state index in [0.717, 1.165) is 0 Å². The highest BCUT2D eigenvalue weighted by Gasteiger charge is 2.44. The van der Waals surface area contributed by atoms with Crippen molar-refractivity contribution in [3.63, 3.8) is 0 Å². The number of phenolic OH excluding ortho intramolecular Hbond substituents is 1. The molecule has 30 heavy (non-hydrogen) atoms. The minimum atomic E-state index is -5.17. The van der Waals surface area contributed by atoms with E-state index >= 15 is 0 Å². The Labute approximate surface area is 174 Å². The first-order valence-corrected chi connectivity index (χ1v) is 10.8. The first kappa shape index (κ1) is 22.8. The summed E-state index contributed by atoms with van der Waals surface area (Å²) in [5.74, 6) is 0.00783. The highest BCUT2D eigenvalue weighted by Crippen LogP contribution is 2.31. The SMILES string of the molecule is O=S(=O)([O-])O/N=C(\Cc1cc2c(O)cccc2[nH]1)S[C@@H]1O[C@H](CO)[C@@H](O)[C@H](O)[C@H]1O. The Balaban J connectivity index is 1.86. The van der Waals surface area contributed by atoms with Crippen LogP contribution in [0.4, 0.5) is 0 Å². The highest BCUT2D eigenvalue weighted by molar-refractivity contribution is 8.14. The number of H-pyrrole nitrogens is 1. The molecule has 1 aromatic carbocycles. The summed E-state index contributed by atoms with van der Waals surface area (Å²) in [6.45, 7) is -0.652. The van der Waals surface area contributed by atoms with Crippen molar-refractivity contribution in [1.29, 1.82) is 0 Å². The second-order valence-electron chi connectivity index (χ2n) is 6.49. The molecule has 3 rings (SSSR count). The quantitative estimate of drug-likeness (QED) is 0.0980. The van der Waals surface area contributed by atoms with Crippen molar-refractivity contribution in [2.24, 2.45) is 5.16 Å². The summed E-state index contributed by atoms with van der Waals surface area (Å²) < 4.78 is 41.7. The fourth-order valence-corrected chi connectivity index (χ4v) is 4.25. The van der Waals surface area contributed by atoms with Crippen LogP contribution >= 0.6 is 11.8 Å². The molecule has 0 radical (unpaired) electrons. The van der Waals surface area contributed by atoms with E-state index in [0.29, 0.717) is 28.4 Å². The summed E-state index contributed by atoms with van der Waals surface area (Å²) in [7, 11) is -5.17. The van der Waals surface area contributed by atoms with Crippen molar-refractivity contribution < 1.29 is 47.5 Å². The molecule has 5 atom stereocenters. The number of aliphatic hydroxyl groups is 4. The number of aromatic amines is 1. The molecule has 0 aliphatic carbocycles. The smallest absolute Gasteiger partial charge is 0.284 e. The monoisotopic (exact) mass is 463 g/mol. The number of aromatic nitrogens is 1. The van der Waals surface area contributed by atoms with E-state index in [1.165, 1.54) is 6.07 Å². The van der Waals surface area contributed by atoms with Crippen LogP contribution in [-0.4, -0.2) is 85.0 Å². The van der Waals surface area contributed by atoms with E-state index in [2.05, 4.69) is 14.4 Å². The van der Waals surface area contributed by atoms with Gasteiger partial charge in [-0.3, -0.25) is 4.28 Å². The molecule has 0 saturated carbocycles. The van der Waals surface area contributed by atoms with E-state index in [9.17, 15) is 38.5 Å². The van der Waals surface area contributed by atoms with E-state index < -0.39 is 46.9 Å². The van der Waals surface area contributed by atoms with Gasteiger partial charge in [-0.15, -0.1) is 0 Å². The summed E-state index contributed by atoms with van der Waals surface area (Å²) in [5.41, 5.74) is -0.233. The normalized spacial score (nSPS) is 28.0. The molecule has 0 spiro atoms. The maximum atomic E-state index is 10.8. The Hall–Kier alpha value is -1.91. The van der Waals surface area contributed by atoms with Crippen molar-refractivity contribution in [2.45, 2.75) is 36.3 Å². The van der Waals surface area contributed by atoms with Crippen LogP contribution in [0.1, 0.15) is 5.69 Å². The van der Waals surface area contributed by atoms with E-state index in [-0.39, 0.29) is 17.2 Å². The molecule has 1 saturated heterocycles. The van der Waals surface area contributed by atoms with E-state index in [1.54, 1.807) is 18.2 Å². The lowest BCUT2D eigenvalue weighted by Crippen LogP contribution is -2.57. The fourth-order valence-electron chi connectivity index (χ4n) is 2.94. The number of rotatable bonds is 6. The summed E-state index contributed by atoms with van der Waals surface area (Å²) >= 11 is 0.633. The number of aromatic hydroxyl groups is 1. The largest absolute Gasteiger partial charge is 0.714 e. The topological polar surface area (TPSA) is 205 Å². The molecule has 6 N–H and O–H groups in total. The molecule has 12 nitrogen and oxygen atoms in total. The molecule has 1 aromatic heterocycles. The van der Waals surface area contributed by atoms with Gasteiger partial charge in [-0.2, -0.15) is 8.42 Å². The Morgan fingerprint density at radius 2 is 2.00 bits per heavy atom. The van der Waals surface area contributed by atoms with Crippen LogP contribution in [0.2, 0.25) is 0 Å². The standard InChI is InChI=1S/C16H20N2O10S2/c19-6-11-13(21)14(22)15(23)16(27-11)29-12(18-28-30(24,25)26)5-7-4-8-9(17-7)2-1-3-10(8)20/h1-4,11,13-17,19-23H,5-6H2,(H,24,25,26)/p-1/b18-12+/t11-,13-,14+,15-,16+/m1/s1. The zero-order valence-electron chi connectivity index (χ0n) is 15.2. The van der Waals surface area contributed by atoms with Gasteiger partial charge in [0.25, 0.3) is 10.4 Å². The van der Waals surface area contributed by atoms with Gasteiger partial charge in [0.2, 0.25) is 0 Å². The Morgan fingerprint density at radius 3 is 2.63 bits per heavy atom. The zero-order valence-corrected chi connectivity index (χ0v) is 16.8. The predicted octanol–water partition coefficient (Wildman–Crippen LogP) is -1.26. The van der Waals surface area contributed by atoms with Gasteiger partial charge in [0.15, 0.2) is 0 Å². The molecule has 1 aliphatic heterocycles. The lowest BCUT2D eigenvalue weighted by molar-refractivity contribution is -0.205. The van der Waals surface area contributed by atoms with Crippen LogP contribution in [0, 0.1) is 0 Å². The van der Waals surface area contributed by atoms with Gasteiger partial charge >= 0.3 is 0 Å². The van der Waals surface area contributed by atoms with Gasteiger partial charge in [-0.1, -0.05) is 23.0 Å². The Kier molecular flexibility index (Phi) is 6.88. The number of nitrogens with one attached hydrogen (secondary N) is 1. The Morgan fingerprint density at radius 1 is 1.27 bits per heavy atom. The molecule has 166 valence electrons. The third-order valence-electron chi connectivity index (χ3n) is 4.37. The molecule has 1 aliphatic rings. The van der Waals surface area contributed by atoms with Crippen LogP contribution in [0.3, 0.4) is 0 Å². The number of phenols is 1. The number of thioether (sulfide) groups is 1. The van der Waals surface area contributed by atoms with Gasteiger partial charge in [0.05, 0.1) is 6.61 Å². The van der Waals surface area contributed by atoms with Gasteiger partial charge < -0.3 is 39.8 Å². The molecule has 2 heterocycles. The first-order valence-electron chi connectivity index (χ1n) is 8.57. The van der Waals surface area contributed by atoms with Crippen molar-refractivity contribution in [3.05, 3.63) is 30.0 Å². The van der Waals surface area contributed by atoms with Gasteiger partial charge in [0.1, 0.15) is 40.6 Å². The third kappa shape index (κ3) is 5.22. The van der Waals surface area contributed by atoms with Crippen molar-refractivity contribution >= 4 is 38.1 Å². The second kappa shape index (κ2) is 9.07. The van der Waals surface area contributed by atoms with Crippen molar-refractivity contribution in [2.75, 3.05) is 6.61 Å². The number of hydrogen-bond donors (Lipinski definition) is 6. The van der Waals surface area contributed by atoms with Crippen molar-refractivity contribution in [3.8, 4) is 5.75 Å². The molecule has 0 bridgehead atoms. The fraction of sp³-hybridized carbons (Fsp3) is 0.438. The molecule has 0 unspecified atom stereocenters. The number of nitrogens with zero attached hydrogens (tertiary/aromatic N) is 1. The second-order valence-corrected chi connectivity index (χ2v) is 8.63. The van der Waals surface area contributed by atoms with Crippen LogP contribution < -0.4 is 0 Å². The van der Waals surface area contributed by atoms with Crippen LogP contribution in [0.15, 0.2) is 29.4 Å². The van der Waals surface area contributed by atoms with E-state index in [1.807, 2.05) is 0 Å². The lowest BCUT2D eigenvalue weighted by atomic mass is 10.0. The molecular formula is C16H19N2O10S2-. The molecule has 1 fully saturated rings. The molecule has 0 amide bonds. The minimum absolute atomic E-state index is 0.00783. The number of hydrogen-bond acceptors (Lipinski definition) is 12. The van der Waals surface area contributed by atoms with Crippen LogP contribution in [-0.2, 0) is 25.8 Å². The summed E-state index contributed by atoms with van der Waals surface area (Å²) in [6.07, 6.45) is -6.14. The lowest BCUT2D eigenvalue weighted by Gasteiger charge is -2.39. The van der Waals surface area contributed by atoms with Crippen LogP contribution in [0.5, 0.6) is 5.75 Å². The van der Waals surface area contributed by atoms with Gasteiger partial charge in [-0.05, 0) is 18.2 Å². The maximum Gasteiger partial charge on any atom is 0.284 e. The van der Waals surface area contributed by atoms with Crippen LogP contribution in [0.25, 0.3) is 10.9 Å². The average molecular weight is 463 g/mol. The number of aliphatic hydroxyl groups excluding tert-OH is 4. The predicted molar refractivity (Wildman–Crippen MR) is 103 cm³/mol. The summed E-state index contributed by atoms with van der Waals surface area (Å²) in [4.78, 5) is 2.98. The number of benzene rings is 1. The van der Waals surface area contributed by atoms with Gasteiger partial charge in [-0.25, -0.2) is 0 Å². The molecule has 14 heteroatoms. The van der Waals surface area contributed by atoms with Gasteiger partial charge in [0, 0.05) is 23.0 Å². The highest BCUT2D eigenvalue weighted by atomic mass is 32.3. The van der Waals surface area contributed by atoms with Crippen molar-refractivity contribution in [1.82, 2.24) is 4.98 Å². The Bertz CT molecular complexity index is 1020. The zero-order chi connectivity index (χ0) is 22.1. The minimum Gasteiger partial charge on any atom is -0.714 e. The summed E-state index contributed by atoms with van der Waals surface area (Å²) in [6, 6.07) is 6.35. The number of oxime groups is 1. The summed E-state index contributed by atoms with van der Waals surface area (Å²) in [5, 5.41) is 52.8. The molecular weight excluding hydrogens is 444 g/mol. The first-order chi connectivity index (χ1) is 14.1. The maximum absolute atomic E-state index is 10.8. The molecule has 2 aromatic rings. The number of fused-ring (bicyclic) bond motifs is 1.